The third-order valence-electron chi connectivity index (χ3n) is 4.00. The van der Waals surface area contributed by atoms with Gasteiger partial charge in [-0.1, -0.05) is 18.2 Å². The van der Waals surface area contributed by atoms with Crippen LogP contribution in [0.25, 0.3) is 33.7 Å². The molecule has 0 fully saturated rings. The van der Waals surface area contributed by atoms with Crippen LogP contribution in [0.2, 0.25) is 0 Å². The Labute approximate surface area is 146 Å². The summed E-state index contributed by atoms with van der Waals surface area (Å²) in [6.45, 7) is 0. The minimum absolute atomic E-state index is 0.132. The largest absolute Gasteiger partial charge is 0.478 e. The van der Waals surface area contributed by atoms with Crippen LogP contribution in [0.5, 0.6) is 0 Å². The van der Waals surface area contributed by atoms with Gasteiger partial charge in [0.15, 0.2) is 17.2 Å². The van der Waals surface area contributed by atoms with Crippen LogP contribution in [0, 0.1) is 11.6 Å². The number of carbonyl (C=O) groups is 1. The molecule has 0 aliphatic heterocycles. The van der Waals surface area contributed by atoms with Gasteiger partial charge in [-0.05, 0) is 53.6 Å². The van der Waals surface area contributed by atoms with E-state index in [9.17, 15) is 13.6 Å². The molecule has 1 aromatic heterocycles. The fourth-order valence-corrected chi connectivity index (χ4v) is 2.69. The van der Waals surface area contributed by atoms with Gasteiger partial charge in [-0.15, -0.1) is 0 Å². The molecule has 0 saturated heterocycles. The molecule has 4 rings (SSSR count). The first-order valence-electron chi connectivity index (χ1n) is 7.71. The van der Waals surface area contributed by atoms with Gasteiger partial charge in [0, 0.05) is 5.56 Å². The Hall–Kier alpha value is -3.54. The summed E-state index contributed by atoms with van der Waals surface area (Å²) in [5.74, 6) is -2.58. The van der Waals surface area contributed by atoms with Gasteiger partial charge < -0.3 is 9.52 Å². The summed E-state index contributed by atoms with van der Waals surface area (Å²) >= 11 is 0. The van der Waals surface area contributed by atoms with Crippen LogP contribution in [-0.2, 0) is 0 Å². The maximum Gasteiger partial charge on any atom is 0.335 e. The normalized spacial score (nSPS) is 11.0. The van der Waals surface area contributed by atoms with E-state index in [1.165, 1.54) is 18.2 Å². The van der Waals surface area contributed by atoms with E-state index in [1.807, 2.05) is 0 Å². The van der Waals surface area contributed by atoms with Gasteiger partial charge in [-0.3, -0.25) is 0 Å². The zero-order valence-electron chi connectivity index (χ0n) is 13.2. The number of fused-ring (bicyclic) bond motifs is 1. The number of rotatable bonds is 3. The number of carboxylic acid groups (broad SMARTS) is 1. The summed E-state index contributed by atoms with van der Waals surface area (Å²) in [5, 5.41) is 9.09. The zero-order chi connectivity index (χ0) is 18.3. The van der Waals surface area contributed by atoms with Gasteiger partial charge in [0.1, 0.15) is 5.52 Å². The molecule has 0 bridgehead atoms. The predicted octanol–water partition coefficient (Wildman–Crippen LogP) is 5.14. The monoisotopic (exact) mass is 351 g/mol. The topological polar surface area (TPSA) is 63.3 Å². The first kappa shape index (κ1) is 16.0. The number of halogens is 2. The van der Waals surface area contributed by atoms with E-state index in [0.29, 0.717) is 27.8 Å². The molecular weight excluding hydrogens is 340 g/mol. The highest BCUT2D eigenvalue weighted by atomic mass is 19.2. The number of hydrogen-bond donors (Lipinski definition) is 1. The zero-order valence-corrected chi connectivity index (χ0v) is 13.2. The van der Waals surface area contributed by atoms with Crippen molar-refractivity contribution in [2.75, 3.05) is 0 Å². The average Bonchev–Trinajstić information content (AvgIpc) is 3.07. The highest BCUT2D eigenvalue weighted by Crippen LogP contribution is 2.29. The molecule has 26 heavy (non-hydrogen) atoms. The molecule has 1 N–H and O–H groups in total. The number of hydrogen-bond acceptors (Lipinski definition) is 3. The number of benzene rings is 3. The lowest BCUT2D eigenvalue weighted by atomic mass is 10.1. The number of oxazole rings is 1. The average molecular weight is 351 g/mol. The van der Waals surface area contributed by atoms with Crippen molar-refractivity contribution in [2.24, 2.45) is 0 Å². The van der Waals surface area contributed by atoms with Crippen LogP contribution in [0.3, 0.4) is 0 Å². The quantitative estimate of drug-likeness (QED) is 0.555. The summed E-state index contributed by atoms with van der Waals surface area (Å²) in [4.78, 5) is 15.5. The molecule has 0 unspecified atom stereocenters. The van der Waals surface area contributed by atoms with Gasteiger partial charge in [-0.25, -0.2) is 18.6 Å². The van der Waals surface area contributed by atoms with Crippen molar-refractivity contribution in [1.29, 1.82) is 0 Å². The van der Waals surface area contributed by atoms with E-state index in [1.54, 1.807) is 30.3 Å². The molecule has 0 aliphatic rings. The molecule has 0 aliphatic carbocycles. The second kappa shape index (κ2) is 6.07. The van der Waals surface area contributed by atoms with Gasteiger partial charge >= 0.3 is 5.97 Å². The van der Waals surface area contributed by atoms with E-state index < -0.39 is 17.6 Å². The Balaban J connectivity index is 1.77. The van der Waals surface area contributed by atoms with Crippen molar-refractivity contribution >= 4 is 17.1 Å². The lowest BCUT2D eigenvalue weighted by molar-refractivity contribution is 0.0697. The molecule has 0 amide bonds. The Morgan fingerprint density at radius 1 is 0.885 bits per heavy atom. The van der Waals surface area contributed by atoms with E-state index in [0.717, 1.165) is 12.1 Å². The van der Waals surface area contributed by atoms with Crippen molar-refractivity contribution in [3.8, 4) is 22.6 Å². The minimum Gasteiger partial charge on any atom is -0.478 e. The molecule has 6 heteroatoms. The van der Waals surface area contributed by atoms with Crippen molar-refractivity contribution in [3.05, 3.63) is 77.9 Å². The van der Waals surface area contributed by atoms with Crippen LogP contribution in [-0.4, -0.2) is 16.1 Å². The molecule has 0 spiro atoms. The minimum atomic E-state index is -1.04. The highest BCUT2D eigenvalue weighted by Gasteiger charge is 2.12. The molecule has 3 aromatic carbocycles. The van der Waals surface area contributed by atoms with Crippen molar-refractivity contribution in [3.63, 3.8) is 0 Å². The molecule has 4 nitrogen and oxygen atoms in total. The van der Waals surface area contributed by atoms with Gasteiger partial charge in [0.05, 0.1) is 5.56 Å². The predicted molar refractivity (Wildman–Crippen MR) is 91.8 cm³/mol. The fraction of sp³-hybridized carbons (Fsp3) is 0. The standard InChI is InChI=1S/C20H11F2NO3/c21-15-6-4-11(9-16(15)22)12-5-7-18-17(10-12)23-19(26-18)13-2-1-3-14(8-13)20(24)25/h1-10H,(H,24,25). The molecule has 4 aromatic rings. The molecular formula is C20H11F2NO3. The summed E-state index contributed by atoms with van der Waals surface area (Å²) in [6, 6.07) is 15.1. The highest BCUT2D eigenvalue weighted by molar-refractivity contribution is 5.89. The fourth-order valence-electron chi connectivity index (χ4n) is 2.69. The van der Waals surface area contributed by atoms with Gasteiger partial charge in [0.25, 0.3) is 0 Å². The van der Waals surface area contributed by atoms with Gasteiger partial charge in [0.2, 0.25) is 5.89 Å². The Bertz CT molecular complexity index is 1150. The molecule has 128 valence electrons. The maximum absolute atomic E-state index is 13.5. The van der Waals surface area contributed by atoms with Crippen LogP contribution >= 0.6 is 0 Å². The summed E-state index contributed by atoms with van der Waals surface area (Å²) in [6.07, 6.45) is 0. The lowest BCUT2D eigenvalue weighted by Crippen LogP contribution is -1.95. The molecule has 0 atom stereocenters. The molecule has 0 radical (unpaired) electrons. The van der Waals surface area contributed by atoms with Crippen molar-refractivity contribution < 1.29 is 23.1 Å². The number of nitrogens with zero attached hydrogens (tertiary/aromatic N) is 1. The first-order chi connectivity index (χ1) is 12.5. The summed E-state index contributed by atoms with van der Waals surface area (Å²) in [5.41, 5.74) is 2.89. The van der Waals surface area contributed by atoms with E-state index in [2.05, 4.69) is 4.98 Å². The first-order valence-corrected chi connectivity index (χ1v) is 7.71. The summed E-state index contributed by atoms with van der Waals surface area (Å²) < 4.78 is 32.2. The second-order valence-corrected chi connectivity index (χ2v) is 5.72. The van der Waals surface area contributed by atoms with Gasteiger partial charge in [-0.2, -0.15) is 0 Å². The van der Waals surface area contributed by atoms with Crippen LogP contribution in [0.1, 0.15) is 10.4 Å². The van der Waals surface area contributed by atoms with Crippen molar-refractivity contribution in [1.82, 2.24) is 4.98 Å². The Morgan fingerprint density at radius 2 is 1.65 bits per heavy atom. The van der Waals surface area contributed by atoms with Crippen molar-refractivity contribution in [2.45, 2.75) is 0 Å². The van der Waals surface area contributed by atoms with E-state index >= 15 is 0 Å². The SMILES string of the molecule is O=C(O)c1cccc(-c2nc3cc(-c4ccc(F)c(F)c4)ccc3o2)c1. The third kappa shape index (κ3) is 2.82. The Kier molecular flexibility index (Phi) is 3.73. The molecule has 1 heterocycles. The second-order valence-electron chi connectivity index (χ2n) is 5.72. The van der Waals surface area contributed by atoms with Crippen LogP contribution in [0.15, 0.2) is 65.1 Å². The third-order valence-corrected chi connectivity index (χ3v) is 4.00. The van der Waals surface area contributed by atoms with E-state index in [4.69, 9.17) is 9.52 Å². The van der Waals surface area contributed by atoms with Crippen LogP contribution in [0.4, 0.5) is 8.78 Å². The van der Waals surface area contributed by atoms with Crippen LogP contribution < -0.4 is 0 Å². The number of aromatic nitrogens is 1. The Morgan fingerprint density at radius 3 is 2.42 bits per heavy atom. The lowest BCUT2D eigenvalue weighted by Gasteiger charge is -2.01. The maximum atomic E-state index is 13.5. The van der Waals surface area contributed by atoms with E-state index in [-0.39, 0.29) is 11.5 Å². The number of carboxylic acids is 1. The number of aromatic carboxylic acids is 1. The molecule has 0 saturated carbocycles. The summed E-state index contributed by atoms with van der Waals surface area (Å²) in [7, 11) is 0. The smallest absolute Gasteiger partial charge is 0.335 e.